The highest BCUT2D eigenvalue weighted by atomic mass is 19.1. The predicted octanol–water partition coefficient (Wildman–Crippen LogP) is 1.34. The van der Waals surface area contributed by atoms with Gasteiger partial charge in [-0.25, -0.2) is 13.9 Å². The molecular weight excluding hydrogens is 401 g/mol. The third-order valence-electron chi connectivity index (χ3n) is 5.96. The van der Waals surface area contributed by atoms with E-state index in [9.17, 15) is 14.0 Å². The van der Waals surface area contributed by atoms with Gasteiger partial charge in [-0.05, 0) is 43.5 Å². The van der Waals surface area contributed by atoms with Crippen LogP contribution in [0.15, 0.2) is 29.1 Å². The largest absolute Gasteiger partial charge is 0.379 e. The van der Waals surface area contributed by atoms with Gasteiger partial charge in [-0.1, -0.05) is 18.6 Å². The van der Waals surface area contributed by atoms with E-state index in [2.05, 4.69) is 15.3 Å². The topological polar surface area (TPSA) is 81.4 Å². The number of fused-ring (bicyclic) bond motifs is 1. The van der Waals surface area contributed by atoms with Crippen LogP contribution in [0.2, 0.25) is 0 Å². The molecule has 0 bridgehead atoms. The molecule has 2 aromatic rings. The van der Waals surface area contributed by atoms with Gasteiger partial charge in [-0.2, -0.15) is 5.10 Å². The number of hydrogen-bond acceptors (Lipinski definition) is 5. The van der Waals surface area contributed by atoms with Crippen molar-refractivity contribution in [1.82, 2.24) is 24.6 Å². The van der Waals surface area contributed by atoms with Crippen LogP contribution < -0.4 is 11.0 Å². The highest BCUT2D eigenvalue weighted by Gasteiger charge is 2.29. The Kier molecular flexibility index (Phi) is 7.14. The van der Waals surface area contributed by atoms with Crippen molar-refractivity contribution >= 4 is 5.91 Å². The van der Waals surface area contributed by atoms with Crippen LogP contribution in [-0.2, 0) is 22.5 Å². The van der Waals surface area contributed by atoms with Crippen LogP contribution in [0.5, 0.6) is 0 Å². The summed E-state index contributed by atoms with van der Waals surface area (Å²) >= 11 is 0. The van der Waals surface area contributed by atoms with E-state index in [1.165, 1.54) is 16.8 Å². The molecule has 0 spiro atoms. The van der Waals surface area contributed by atoms with E-state index in [0.29, 0.717) is 30.8 Å². The first-order valence-corrected chi connectivity index (χ1v) is 11.1. The molecule has 2 aliphatic rings. The minimum atomic E-state index is -0.547. The summed E-state index contributed by atoms with van der Waals surface area (Å²) in [5.74, 6) is 0.158. The highest BCUT2D eigenvalue weighted by Crippen LogP contribution is 2.21. The van der Waals surface area contributed by atoms with Crippen LogP contribution in [0.4, 0.5) is 4.39 Å². The molecule has 1 fully saturated rings. The Labute approximate surface area is 181 Å². The molecule has 1 unspecified atom stereocenters. The average molecular weight is 432 g/mol. The van der Waals surface area contributed by atoms with E-state index >= 15 is 0 Å². The number of carbonyl (C=O) groups is 1. The summed E-state index contributed by atoms with van der Waals surface area (Å²) in [5, 5.41) is 7.48. The van der Waals surface area contributed by atoms with Gasteiger partial charge in [0.25, 0.3) is 0 Å². The van der Waals surface area contributed by atoms with Gasteiger partial charge < -0.3 is 10.1 Å². The Balaban J connectivity index is 1.41. The van der Waals surface area contributed by atoms with Crippen LogP contribution in [-0.4, -0.2) is 64.5 Å². The number of halogens is 1. The van der Waals surface area contributed by atoms with Crippen molar-refractivity contribution in [2.24, 2.45) is 0 Å². The van der Waals surface area contributed by atoms with Crippen LogP contribution in [0.3, 0.4) is 0 Å². The van der Waals surface area contributed by atoms with E-state index in [0.717, 1.165) is 52.1 Å². The molecule has 1 N–H and O–H groups in total. The fraction of sp³-hybridized carbons (Fsp3) is 0.591. The number of ether oxygens (including phenoxy) is 1. The number of aryl methyl sites for hydroxylation is 1. The second kappa shape index (κ2) is 10.2. The number of nitrogens with one attached hydrogen (secondary N) is 1. The second-order valence-electron chi connectivity index (χ2n) is 8.22. The van der Waals surface area contributed by atoms with E-state index in [-0.39, 0.29) is 24.0 Å². The number of hydrogen-bond donors (Lipinski definition) is 1. The lowest BCUT2D eigenvalue weighted by Crippen LogP contribution is -2.40. The molecule has 0 radical (unpaired) electrons. The van der Waals surface area contributed by atoms with Crippen LogP contribution in [0.1, 0.15) is 43.1 Å². The summed E-state index contributed by atoms with van der Waals surface area (Å²) in [6.07, 6.45) is 3.90. The van der Waals surface area contributed by atoms with Crippen LogP contribution in [0.25, 0.3) is 0 Å². The van der Waals surface area contributed by atoms with E-state index in [1.807, 2.05) is 0 Å². The molecule has 8 nitrogen and oxygen atoms in total. The normalized spacial score (nSPS) is 19.6. The van der Waals surface area contributed by atoms with Gasteiger partial charge in [-0.15, -0.1) is 0 Å². The van der Waals surface area contributed by atoms with Crippen molar-refractivity contribution in [2.75, 3.05) is 39.4 Å². The van der Waals surface area contributed by atoms with Crippen LogP contribution in [0, 0.1) is 5.82 Å². The number of rotatable bonds is 7. The van der Waals surface area contributed by atoms with E-state index in [4.69, 9.17) is 4.74 Å². The lowest BCUT2D eigenvalue weighted by molar-refractivity contribution is -0.124. The van der Waals surface area contributed by atoms with Crippen molar-refractivity contribution < 1.29 is 13.9 Å². The maximum absolute atomic E-state index is 13.5. The first kappa shape index (κ1) is 21.7. The summed E-state index contributed by atoms with van der Waals surface area (Å²) in [4.78, 5) is 28.3. The standard InChI is InChI=1S/C22H30FN5O3/c23-18-6-3-5-17(15-18)16-27-22(30)28-19(7-1-2-8-20(28)25-27)21(29)24-9-4-10-26-11-13-31-14-12-26/h3,5-6,15,19H,1-2,4,7-14,16H2,(H,24,29). The Hall–Kier alpha value is -2.52. The molecule has 3 heterocycles. The lowest BCUT2D eigenvalue weighted by Gasteiger charge is -2.26. The molecule has 168 valence electrons. The van der Waals surface area contributed by atoms with Crippen molar-refractivity contribution in [2.45, 2.75) is 44.7 Å². The van der Waals surface area contributed by atoms with Gasteiger partial charge in [0.15, 0.2) is 0 Å². The minimum absolute atomic E-state index is 0.127. The van der Waals surface area contributed by atoms with Crippen molar-refractivity contribution in [1.29, 1.82) is 0 Å². The Morgan fingerprint density at radius 1 is 1.26 bits per heavy atom. The van der Waals surface area contributed by atoms with Gasteiger partial charge in [-0.3, -0.25) is 14.3 Å². The zero-order chi connectivity index (χ0) is 21.6. The summed E-state index contributed by atoms with van der Waals surface area (Å²) < 4.78 is 21.8. The molecule has 0 aliphatic carbocycles. The predicted molar refractivity (Wildman–Crippen MR) is 113 cm³/mol. The van der Waals surface area contributed by atoms with Gasteiger partial charge in [0.1, 0.15) is 17.7 Å². The van der Waals surface area contributed by atoms with Gasteiger partial charge in [0.05, 0.1) is 19.8 Å². The third kappa shape index (κ3) is 5.40. The SMILES string of the molecule is O=C(NCCCN1CCOCC1)C1CCCCc2nn(Cc3cccc(F)c3)c(=O)n21. The first-order chi connectivity index (χ1) is 15.1. The molecule has 1 aromatic carbocycles. The highest BCUT2D eigenvalue weighted by molar-refractivity contribution is 5.80. The summed E-state index contributed by atoms with van der Waals surface area (Å²) in [6, 6.07) is 5.60. The lowest BCUT2D eigenvalue weighted by atomic mass is 10.1. The van der Waals surface area contributed by atoms with E-state index in [1.54, 1.807) is 16.7 Å². The van der Waals surface area contributed by atoms with Gasteiger partial charge in [0, 0.05) is 26.1 Å². The minimum Gasteiger partial charge on any atom is -0.379 e. The Morgan fingerprint density at radius 3 is 2.90 bits per heavy atom. The number of amides is 1. The first-order valence-electron chi connectivity index (χ1n) is 11.1. The molecule has 1 atom stereocenters. The molecular formula is C22H30FN5O3. The van der Waals surface area contributed by atoms with Crippen LogP contribution >= 0.6 is 0 Å². The zero-order valence-corrected chi connectivity index (χ0v) is 17.8. The number of aromatic nitrogens is 3. The molecule has 1 aromatic heterocycles. The summed E-state index contributed by atoms with van der Waals surface area (Å²) in [5.41, 5.74) is 0.356. The smallest absolute Gasteiger partial charge is 0.346 e. The van der Waals surface area contributed by atoms with E-state index < -0.39 is 6.04 Å². The number of nitrogens with zero attached hydrogens (tertiary/aromatic N) is 4. The molecule has 0 saturated carbocycles. The molecule has 4 rings (SSSR count). The van der Waals surface area contributed by atoms with Crippen molar-refractivity contribution in [3.05, 3.63) is 52.0 Å². The summed E-state index contributed by atoms with van der Waals surface area (Å²) in [7, 11) is 0. The number of carbonyl (C=O) groups excluding carboxylic acids is 1. The molecule has 9 heteroatoms. The molecule has 1 saturated heterocycles. The van der Waals surface area contributed by atoms with Gasteiger partial charge >= 0.3 is 5.69 Å². The average Bonchev–Trinajstić information content (AvgIpc) is 2.94. The van der Waals surface area contributed by atoms with Crippen molar-refractivity contribution in [3.63, 3.8) is 0 Å². The van der Waals surface area contributed by atoms with Crippen molar-refractivity contribution in [3.8, 4) is 0 Å². The fourth-order valence-corrected chi connectivity index (χ4v) is 4.32. The molecule has 31 heavy (non-hydrogen) atoms. The Morgan fingerprint density at radius 2 is 2.10 bits per heavy atom. The quantitative estimate of drug-likeness (QED) is 0.669. The Bertz CT molecular complexity index is 951. The zero-order valence-electron chi connectivity index (χ0n) is 17.8. The third-order valence-corrected chi connectivity index (χ3v) is 5.96. The molecule has 1 amide bonds. The number of morpholine rings is 1. The summed E-state index contributed by atoms with van der Waals surface area (Å²) in [6.45, 7) is 5.07. The monoisotopic (exact) mass is 431 g/mol. The molecule has 2 aliphatic heterocycles. The maximum Gasteiger partial charge on any atom is 0.346 e. The van der Waals surface area contributed by atoms with Gasteiger partial charge in [0.2, 0.25) is 5.91 Å². The second-order valence-corrected chi connectivity index (χ2v) is 8.22. The fourth-order valence-electron chi connectivity index (χ4n) is 4.32. The number of benzene rings is 1. The maximum atomic E-state index is 13.5.